The van der Waals surface area contributed by atoms with E-state index >= 15 is 0 Å². The quantitative estimate of drug-likeness (QED) is 0.513. The Morgan fingerprint density at radius 1 is 1.15 bits per heavy atom. The number of aliphatic hydroxyl groups is 2. The zero-order valence-corrected chi connectivity index (χ0v) is 7.62. The van der Waals surface area contributed by atoms with Crippen LogP contribution in [0.5, 0.6) is 0 Å². The highest BCUT2D eigenvalue weighted by Gasteiger charge is 2.00. The largest absolute Gasteiger partial charge is 0.394 e. The second-order valence-corrected chi connectivity index (χ2v) is 2.64. The summed E-state index contributed by atoms with van der Waals surface area (Å²) in [7, 11) is 0. The Balaban J connectivity index is 2.91. The van der Waals surface area contributed by atoms with Crippen molar-refractivity contribution in [3.8, 4) is 0 Å². The smallest absolute Gasteiger partial charge is 0.188 e. The molecule has 13 heavy (non-hydrogen) atoms. The van der Waals surface area contributed by atoms with Gasteiger partial charge in [0.2, 0.25) is 0 Å². The van der Waals surface area contributed by atoms with Crippen molar-refractivity contribution in [2.45, 2.75) is 18.9 Å². The number of hydrogen-bond acceptors (Lipinski definition) is 4. The number of alkyl halides is 1. The molecule has 0 amide bonds. The predicted octanol–water partition coefficient (Wildman–Crippen LogP) is 0.0800. The number of ether oxygens (including phenoxy) is 2. The van der Waals surface area contributed by atoms with E-state index in [1.165, 1.54) is 0 Å². The van der Waals surface area contributed by atoms with Gasteiger partial charge >= 0.3 is 0 Å². The minimum absolute atomic E-state index is 0.139. The minimum Gasteiger partial charge on any atom is -0.394 e. The van der Waals surface area contributed by atoms with Crippen LogP contribution in [0.15, 0.2) is 0 Å². The van der Waals surface area contributed by atoms with E-state index in [0.717, 1.165) is 12.8 Å². The molecule has 1 atom stereocenters. The molecule has 5 heteroatoms. The van der Waals surface area contributed by atoms with Crippen molar-refractivity contribution in [1.82, 2.24) is 0 Å². The highest BCUT2D eigenvalue weighted by Crippen LogP contribution is 1.92. The van der Waals surface area contributed by atoms with E-state index in [9.17, 15) is 4.39 Å². The van der Waals surface area contributed by atoms with Gasteiger partial charge in [-0.25, -0.2) is 4.39 Å². The Morgan fingerprint density at radius 2 is 1.77 bits per heavy atom. The third-order valence-electron chi connectivity index (χ3n) is 1.43. The van der Waals surface area contributed by atoms with E-state index in [4.69, 9.17) is 14.9 Å². The Morgan fingerprint density at radius 3 is 2.31 bits per heavy atom. The van der Waals surface area contributed by atoms with Crippen molar-refractivity contribution in [2.75, 3.05) is 33.3 Å². The third-order valence-corrected chi connectivity index (χ3v) is 1.43. The lowest BCUT2D eigenvalue weighted by molar-refractivity contribution is 0.00191. The molecule has 0 rings (SSSR count). The molecule has 0 aliphatic rings. The molecule has 1 unspecified atom stereocenters. The van der Waals surface area contributed by atoms with Crippen LogP contribution < -0.4 is 0 Å². The van der Waals surface area contributed by atoms with Crippen molar-refractivity contribution < 1.29 is 24.1 Å². The van der Waals surface area contributed by atoms with Crippen molar-refractivity contribution >= 4 is 0 Å². The van der Waals surface area contributed by atoms with Gasteiger partial charge in [0.15, 0.2) is 6.86 Å². The van der Waals surface area contributed by atoms with Crippen LogP contribution in [0, 0.1) is 0 Å². The normalized spacial score (nSPS) is 13.2. The lowest BCUT2D eigenvalue weighted by atomic mass is 10.3. The van der Waals surface area contributed by atoms with Gasteiger partial charge in [-0.3, -0.25) is 0 Å². The van der Waals surface area contributed by atoms with Gasteiger partial charge in [0.1, 0.15) is 6.10 Å². The van der Waals surface area contributed by atoms with Crippen molar-refractivity contribution in [3.63, 3.8) is 0 Å². The molecule has 0 aromatic carbocycles. The SMILES string of the molecule is OCC(O)COCCCCOCF. The van der Waals surface area contributed by atoms with Crippen LogP contribution >= 0.6 is 0 Å². The monoisotopic (exact) mass is 196 g/mol. The molecule has 0 aromatic rings. The van der Waals surface area contributed by atoms with Crippen LogP contribution in [0.3, 0.4) is 0 Å². The molecule has 80 valence electrons. The molecule has 0 saturated carbocycles. The molecule has 0 radical (unpaired) electrons. The summed E-state index contributed by atoms with van der Waals surface area (Å²) in [4.78, 5) is 0. The summed E-state index contributed by atoms with van der Waals surface area (Å²) in [5, 5.41) is 17.3. The summed E-state index contributed by atoms with van der Waals surface area (Å²) in [6.45, 7) is -0.00929. The van der Waals surface area contributed by atoms with Crippen molar-refractivity contribution in [2.24, 2.45) is 0 Å². The van der Waals surface area contributed by atoms with E-state index in [-0.39, 0.29) is 13.2 Å². The summed E-state index contributed by atoms with van der Waals surface area (Å²) in [5.74, 6) is 0. The lowest BCUT2D eigenvalue weighted by Crippen LogP contribution is -2.19. The second-order valence-electron chi connectivity index (χ2n) is 2.64. The molecule has 0 saturated heterocycles. The first-order valence-corrected chi connectivity index (χ1v) is 4.31. The number of aliphatic hydroxyl groups excluding tert-OH is 2. The van der Waals surface area contributed by atoms with Crippen LogP contribution in [0.2, 0.25) is 0 Å². The fraction of sp³-hybridized carbons (Fsp3) is 1.00. The highest BCUT2D eigenvalue weighted by molar-refractivity contribution is 4.48. The summed E-state index contributed by atoms with van der Waals surface area (Å²) in [5.41, 5.74) is 0. The average Bonchev–Trinajstić information content (AvgIpc) is 2.16. The molecule has 0 aliphatic carbocycles. The van der Waals surface area contributed by atoms with Crippen molar-refractivity contribution in [1.29, 1.82) is 0 Å². The molecule has 0 aliphatic heterocycles. The number of rotatable bonds is 9. The zero-order valence-electron chi connectivity index (χ0n) is 7.62. The summed E-state index contributed by atoms with van der Waals surface area (Å²) in [6.07, 6.45) is 0.694. The Labute approximate surface area is 77.3 Å². The van der Waals surface area contributed by atoms with E-state index in [1.807, 2.05) is 0 Å². The van der Waals surface area contributed by atoms with E-state index in [2.05, 4.69) is 4.74 Å². The topological polar surface area (TPSA) is 58.9 Å². The maximum atomic E-state index is 11.4. The van der Waals surface area contributed by atoms with Gasteiger partial charge in [-0.1, -0.05) is 0 Å². The maximum absolute atomic E-state index is 11.4. The fourth-order valence-corrected chi connectivity index (χ4v) is 0.735. The molecule has 2 N–H and O–H groups in total. The Bertz CT molecular complexity index is 102. The van der Waals surface area contributed by atoms with E-state index in [1.54, 1.807) is 0 Å². The average molecular weight is 196 g/mol. The molecule has 0 spiro atoms. The first-order valence-electron chi connectivity index (χ1n) is 4.31. The van der Waals surface area contributed by atoms with Crippen LogP contribution in [-0.2, 0) is 9.47 Å². The van der Waals surface area contributed by atoms with Crippen LogP contribution in [-0.4, -0.2) is 49.6 Å². The summed E-state index contributed by atoms with van der Waals surface area (Å²) in [6, 6.07) is 0. The first kappa shape index (κ1) is 12.8. The lowest BCUT2D eigenvalue weighted by Gasteiger charge is -2.07. The van der Waals surface area contributed by atoms with E-state index in [0.29, 0.717) is 13.2 Å². The van der Waals surface area contributed by atoms with Gasteiger partial charge in [0.05, 0.1) is 13.2 Å². The predicted molar refractivity (Wildman–Crippen MR) is 45.1 cm³/mol. The molecule has 0 bridgehead atoms. The molecule has 4 nitrogen and oxygen atoms in total. The first-order chi connectivity index (χ1) is 6.31. The number of hydrogen-bond donors (Lipinski definition) is 2. The van der Waals surface area contributed by atoms with Gasteiger partial charge in [-0.2, -0.15) is 0 Å². The van der Waals surface area contributed by atoms with Crippen LogP contribution in [0.4, 0.5) is 4.39 Å². The Kier molecular flexibility index (Phi) is 9.68. The molecule has 0 heterocycles. The van der Waals surface area contributed by atoms with Gasteiger partial charge in [-0.15, -0.1) is 0 Å². The van der Waals surface area contributed by atoms with Gasteiger partial charge in [0, 0.05) is 13.2 Å². The van der Waals surface area contributed by atoms with Gasteiger partial charge in [-0.05, 0) is 12.8 Å². The minimum atomic E-state index is -0.804. The third kappa shape index (κ3) is 9.69. The van der Waals surface area contributed by atoms with E-state index < -0.39 is 13.0 Å². The highest BCUT2D eigenvalue weighted by atomic mass is 19.1. The number of unbranched alkanes of at least 4 members (excludes halogenated alkanes) is 1. The number of halogens is 1. The second kappa shape index (κ2) is 9.85. The molecule has 0 aromatic heterocycles. The maximum Gasteiger partial charge on any atom is 0.188 e. The molecule has 0 fully saturated rings. The van der Waals surface area contributed by atoms with Crippen LogP contribution in [0.25, 0.3) is 0 Å². The van der Waals surface area contributed by atoms with Crippen LogP contribution in [0.1, 0.15) is 12.8 Å². The Hall–Kier alpha value is -0.230. The molecular formula is C8H17FO4. The standard InChI is InChI=1S/C8H17FO4/c9-7-13-4-2-1-3-12-6-8(11)5-10/h8,10-11H,1-7H2. The van der Waals surface area contributed by atoms with Gasteiger partial charge < -0.3 is 19.7 Å². The van der Waals surface area contributed by atoms with Crippen molar-refractivity contribution in [3.05, 3.63) is 0 Å². The zero-order chi connectivity index (χ0) is 9.94. The molecular weight excluding hydrogens is 179 g/mol. The van der Waals surface area contributed by atoms with Gasteiger partial charge in [0.25, 0.3) is 0 Å². The summed E-state index contributed by atoms with van der Waals surface area (Å²) >= 11 is 0. The fourth-order valence-electron chi connectivity index (χ4n) is 0.735. The summed E-state index contributed by atoms with van der Waals surface area (Å²) < 4.78 is 20.9.